The number of aryl methyl sites for hydroxylation is 2. The van der Waals surface area contributed by atoms with Gasteiger partial charge in [0.25, 0.3) is 0 Å². The van der Waals surface area contributed by atoms with E-state index in [1.165, 1.54) is 35.0 Å². The maximum atomic E-state index is 6.25. The van der Waals surface area contributed by atoms with Crippen LogP contribution in [0.2, 0.25) is 0 Å². The van der Waals surface area contributed by atoms with Gasteiger partial charge < -0.3 is 5.73 Å². The number of nitrogen functional groups attached to an aromatic ring is 1. The number of anilines is 1. The van der Waals surface area contributed by atoms with Crippen LogP contribution in [0.15, 0.2) is 5.38 Å². The van der Waals surface area contributed by atoms with Crippen molar-refractivity contribution in [3.8, 4) is 0 Å². The molecule has 2 nitrogen and oxygen atoms in total. The van der Waals surface area contributed by atoms with E-state index in [4.69, 9.17) is 10.7 Å². The van der Waals surface area contributed by atoms with Crippen LogP contribution in [0.25, 0.3) is 10.2 Å². The van der Waals surface area contributed by atoms with Gasteiger partial charge in [-0.1, -0.05) is 0 Å². The molecule has 1 aliphatic rings. The Hall–Kier alpha value is -1.09. The van der Waals surface area contributed by atoms with Crippen molar-refractivity contribution in [2.45, 2.75) is 32.6 Å². The van der Waals surface area contributed by atoms with Crippen LogP contribution in [-0.4, -0.2) is 4.98 Å². The second-order valence-corrected chi connectivity index (χ2v) is 5.11. The van der Waals surface area contributed by atoms with E-state index in [0.29, 0.717) is 0 Å². The van der Waals surface area contributed by atoms with Crippen LogP contribution in [0.4, 0.5) is 5.69 Å². The van der Waals surface area contributed by atoms with E-state index in [1.807, 2.05) is 0 Å². The van der Waals surface area contributed by atoms with Gasteiger partial charge in [0, 0.05) is 16.8 Å². The maximum absolute atomic E-state index is 6.25. The summed E-state index contributed by atoms with van der Waals surface area (Å²) < 4.78 is 0. The highest BCUT2D eigenvalue weighted by Gasteiger charge is 2.17. The number of hydrogen-bond donors (Lipinski definition) is 1. The second kappa shape index (κ2) is 3.20. The summed E-state index contributed by atoms with van der Waals surface area (Å²) in [6.07, 6.45) is 4.73. The van der Waals surface area contributed by atoms with Crippen molar-refractivity contribution >= 4 is 27.2 Å². The van der Waals surface area contributed by atoms with Gasteiger partial charge in [-0.2, -0.15) is 0 Å². The van der Waals surface area contributed by atoms with Crippen LogP contribution in [0.3, 0.4) is 0 Å². The average molecular weight is 218 g/mol. The summed E-state index contributed by atoms with van der Waals surface area (Å²) >= 11 is 1.71. The number of nitrogens with zero attached hydrogens (tertiary/aromatic N) is 1. The summed E-state index contributed by atoms with van der Waals surface area (Å²) in [5.41, 5.74) is 11.1. The van der Waals surface area contributed by atoms with Crippen LogP contribution < -0.4 is 5.73 Å². The first kappa shape index (κ1) is 9.16. The molecule has 0 bridgehead atoms. The number of pyridine rings is 1. The normalized spacial score (nSPS) is 15.5. The molecule has 0 radical (unpaired) electrons. The van der Waals surface area contributed by atoms with E-state index in [-0.39, 0.29) is 0 Å². The summed E-state index contributed by atoms with van der Waals surface area (Å²) in [6.45, 7) is 2.12. The Morgan fingerprint density at radius 3 is 3.00 bits per heavy atom. The van der Waals surface area contributed by atoms with Gasteiger partial charge in [-0.25, -0.2) is 4.98 Å². The molecule has 15 heavy (non-hydrogen) atoms. The number of rotatable bonds is 0. The van der Waals surface area contributed by atoms with E-state index >= 15 is 0 Å². The van der Waals surface area contributed by atoms with E-state index in [0.717, 1.165) is 23.4 Å². The molecule has 0 fully saturated rings. The van der Waals surface area contributed by atoms with Crippen LogP contribution >= 0.6 is 11.3 Å². The summed E-state index contributed by atoms with van der Waals surface area (Å²) in [4.78, 5) is 5.85. The molecular weight excluding hydrogens is 204 g/mol. The van der Waals surface area contributed by atoms with E-state index in [9.17, 15) is 0 Å². The van der Waals surface area contributed by atoms with Crippen LogP contribution in [0.1, 0.15) is 29.7 Å². The zero-order valence-electron chi connectivity index (χ0n) is 8.84. The molecule has 2 aromatic heterocycles. The molecule has 1 aliphatic carbocycles. The molecule has 2 N–H and O–H groups in total. The summed E-state index contributed by atoms with van der Waals surface area (Å²) in [7, 11) is 0. The molecule has 0 spiro atoms. The zero-order valence-corrected chi connectivity index (χ0v) is 9.66. The smallest absolute Gasteiger partial charge is 0.125 e. The minimum Gasteiger partial charge on any atom is -0.398 e. The molecule has 3 rings (SSSR count). The molecule has 0 unspecified atom stereocenters. The summed E-state index contributed by atoms with van der Waals surface area (Å²) in [5.74, 6) is 0. The van der Waals surface area contributed by atoms with E-state index in [2.05, 4.69) is 12.3 Å². The minimum atomic E-state index is 0.994. The van der Waals surface area contributed by atoms with Crippen molar-refractivity contribution in [1.82, 2.24) is 4.98 Å². The van der Waals surface area contributed by atoms with Crippen LogP contribution in [0.5, 0.6) is 0 Å². The number of aromatic nitrogens is 1. The molecule has 0 saturated heterocycles. The lowest BCUT2D eigenvalue weighted by atomic mass is 9.93. The molecule has 3 heteroatoms. The second-order valence-electron chi connectivity index (χ2n) is 4.26. The van der Waals surface area contributed by atoms with Gasteiger partial charge >= 0.3 is 0 Å². The molecule has 0 aromatic carbocycles. The summed E-state index contributed by atoms with van der Waals surface area (Å²) in [6, 6.07) is 0. The van der Waals surface area contributed by atoms with Gasteiger partial charge in [-0.05, 0) is 49.1 Å². The Labute approximate surface area is 93.1 Å². The van der Waals surface area contributed by atoms with Gasteiger partial charge in [0.2, 0.25) is 0 Å². The fourth-order valence-corrected chi connectivity index (χ4v) is 3.37. The first-order valence-corrected chi connectivity index (χ1v) is 6.30. The maximum Gasteiger partial charge on any atom is 0.125 e. The third kappa shape index (κ3) is 1.26. The lowest BCUT2D eigenvalue weighted by molar-refractivity contribution is 0.673. The van der Waals surface area contributed by atoms with Crippen LogP contribution in [-0.2, 0) is 12.8 Å². The van der Waals surface area contributed by atoms with Gasteiger partial charge in [-0.15, -0.1) is 11.3 Å². The van der Waals surface area contributed by atoms with Crippen molar-refractivity contribution in [2.75, 3.05) is 5.73 Å². The molecule has 0 aliphatic heterocycles. The number of thiophene rings is 1. The molecule has 0 amide bonds. The third-order valence-electron chi connectivity index (χ3n) is 3.23. The lowest BCUT2D eigenvalue weighted by Gasteiger charge is -2.17. The van der Waals surface area contributed by atoms with Crippen molar-refractivity contribution in [3.63, 3.8) is 0 Å². The number of hydrogen-bond acceptors (Lipinski definition) is 3. The Bertz CT molecular complexity index is 528. The first-order chi connectivity index (χ1) is 7.27. The molecule has 2 heterocycles. The van der Waals surface area contributed by atoms with Gasteiger partial charge in [0.05, 0.1) is 0 Å². The molecular formula is C12H14N2S. The van der Waals surface area contributed by atoms with E-state index in [1.54, 1.807) is 11.3 Å². The van der Waals surface area contributed by atoms with Crippen molar-refractivity contribution in [1.29, 1.82) is 0 Å². The predicted octanol–water partition coefficient (Wildman–Crippen LogP) is 3.07. The zero-order chi connectivity index (χ0) is 10.4. The highest BCUT2D eigenvalue weighted by Crippen LogP contribution is 2.35. The topological polar surface area (TPSA) is 38.9 Å². The predicted molar refractivity (Wildman–Crippen MR) is 65.4 cm³/mol. The Balaban J connectivity index is 2.38. The van der Waals surface area contributed by atoms with Gasteiger partial charge in [-0.3, -0.25) is 0 Å². The standard InChI is InChI=1S/C12H14N2S/c1-7-6-15-12-10(7)11(13)8-4-2-3-5-9(8)14-12/h6H,2-5H2,1H3,(H2,13,14). The Morgan fingerprint density at radius 2 is 2.13 bits per heavy atom. The monoisotopic (exact) mass is 218 g/mol. The largest absolute Gasteiger partial charge is 0.398 e. The first-order valence-electron chi connectivity index (χ1n) is 5.42. The highest BCUT2D eigenvalue weighted by atomic mass is 32.1. The summed E-state index contributed by atoms with van der Waals surface area (Å²) in [5, 5.41) is 3.35. The van der Waals surface area contributed by atoms with Crippen molar-refractivity contribution in [2.24, 2.45) is 0 Å². The molecule has 2 aromatic rings. The van der Waals surface area contributed by atoms with Crippen molar-refractivity contribution in [3.05, 3.63) is 22.2 Å². The molecule has 0 saturated carbocycles. The quantitative estimate of drug-likeness (QED) is 0.738. The fourth-order valence-electron chi connectivity index (χ4n) is 2.42. The number of nitrogens with two attached hydrogens (primary N) is 1. The molecule has 78 valence electrons. The van der Waals surface area contributed by atoms with Gasteiger partial charge in [0.1, 0.15) is 4.83 Å². The fraction of sp³-hybridized carbons (Fsp3) is 0.417. The van der Waals surface area contributed by atoms with Gasteiger partial charge in [0.15, 0.2) is 0 Å². The Kier molecular flexibility index (Phi) is 1.96. The van der Waals surface area contributed by atoms with E-state index < -0.39 is 0 Å². The average Bonchev–Trinajstić information content (AvgIpc) is 2.61. The SMILES string of the molecule is Cc1csc2nc3c(c(N)c12)CCCC3. The third-order valence-corrected chi connectivity index (χ3v) is 4.22. The minimum absolute atomic E-state index is 0.994. The number of fused-ring (bicyclic) bond motifs is 2. The highest BCUT2D eigenvalue weighted by molar-refractivity contribution is 7.17. The molecule has 0 atom stereocenters. The van der Waals surface area contributed by atoms with Crippen LogP contribution in [0, 0.1) is 6.92 Å². The van der Waals surface area contributed by atoms with Crippen molar-refractivity contribution < 1.29 is 0 Å². The Morgan fingerprint density at radius 1 is 1.33 bits per heavy atom. The lowest BCUT2D eigenvalue weighted by Crippen LogP contribution is -2.08.